The van der Waals surface area contributed by atoms with Crippen LogP contribution in [0.1, 0.15) is 5.56 Å². The summed E-state index contributed by atoms with van der Waals surface area (Å²) in [5.41, 5.74) is 0.965. The van der Waals surface area contributed by atoms with Gasteiger partial charge in [-0.05, 0) is 5.56 Å². The molecule has 0 saturated heterocycles. The molecule has 0 aromatic heterocycles. The zero-order valence-corrected chi connectivity index (χ0v) is 18.0. The normalized spacial score (nSPS) is 14.5. The van der Waals surface area contributed by atoms with E-state index in [2.05, 4.69) is 8.62 Å². The zero-order chi connectivity index (χ0) is 17.5. The first-order chi connectivity index (χ1) is 10.2. The van der Waals surface area contributed by atoms with Crippen molar-refractivity contribution >= 4 is 33.0 Å². The minimum absolute atomic E-state index is 0. The topological polar surface area (TPSA) is 199 Å². The third-order valence-electron chi connectivity index (χ3n) is 1.36. The summed E-state index contributed by atoms with van der Waals surface area (Å²) in [5.74, 6) is 0. The van der Waals surface area contributed by atoms with Gasteiger partial charge < -0.3 is 42.9 Å². The Bertz CT molecular complexity index is 448. The second-order valence-electron chi connectivity index (χ2n) is 2.85. The van der Waals surface area contributed by atoms with E-state index >= 15 is 0 Å². The fraction of sp³-hybridized carbons (Fsp3) is 0.143. The molecule has 0 aliphatic heterocycles. The van der Waals surface area contributed by atoms with E-state index in [9.17, 15) is 37.8 Å². The van der Waals surface area contributed by atoms with E-state index in [1.165, 1.54) is 0 Å². The van der Waals surface area contributed by atoms with E-state index < -0.39 is 33.0 Å². The third-order valence-corrected chi connectivity index (χ3v) is 4.03. The summed E-state index contributed by atoms with van der Waals surface area (Å²) in [6.45, 7) is 0.140. The molecule has 0 amide bonds. The van der Waals surface area contributed by atoms with Crippen LogP contribution in [0.4, 0.5) is 0 Å². The van der Waals surface area contributed by atoms with Crippen molar-refractivity contribution in [3.05, 3.63) is 35.9 Å². The van der Waals surface area contributed by atoms with E-state index in [-0.39, 0.29) is 27.7 Å². The monoisotopic (exact) mass is 580 g/mol. The van der Waals surface area contributed by atoms with Gasteiger partial charge in [-0.1, -0.05) is 30.3 Å². The van der Waals surface area contributed by atoms with Crippen molar-refractivity contribution in [3.8, 4) is 0 Å². The number of rotatable bonds is 5. The van der Waals surface area contributed by atoms with E-state index in [1.807, 2.05) is 30.3 Å². The fourth-order valence-corrected chi connectivity index (χ4v) is 1.81. The zero-order valence-electron chi connectivity index (χ0n) is 11.0. The van der Waals surface area contributed by atoms with Crippen LogP contribution in [-0.2, 0) is 54.6 Å². The van der Waals surface area contributed by atoms with Crippen molar-refractivity contribution in [2.75, 3.05) is 0 Å². The second kappa shape index (κ2) is 18.9. The summed E-state index contributed by atoms with van der Waals surface area (Å²) in [4.78, 5) is 37.1. The third kappa shape index (κ3) is 27.7. The molecule has 0 heterocycles. The molecule has 0 aliphatic rings. The molecule has 0 aliphatic carbocycles. The first-order valence-electron chi connectivity index (χ1n) is 5.03. The van der Waals surface area contributed by atoms with Crippen LogP contribution in [0.3, 0.4) is 0 Å². The molecular formula is C7H12O11P4W. The van der Waals surface area contributed by atoms with Crippen LogP contribution in [-0.4, -0.2) is 5.11 Å². The van der Waals surface area contributed by atoms with Gasteiger partial charge in [0, 0.05) is 0 Å². The minimum Gasteiger partial charge on any atom is -0.781 e. The Balaban J connectivity index is -0.000000257. The van der Waals surface area contributed by atoms with Crippen LogP contribution in [0.5, 0.6) is 0 Å². The quantitative estimate of drug-likeness (QED) is 0.385. The van der Waals surface area contributed by atoms with E-state index in [4.69, 9.17) is 5.11 Å². The fourth-order valence-electron chi connectivity index (χ4n) is 0.720. The van der Waals surface area contributed by atoms with Gasteiger partial charge in [0.15, 0.2) is 0 Å². The van der Waals surface area contributed by atoms with Gasteiger partial charge in [-0.2, -0.15) is 0 Å². The molecule has 0 bridgehead atoms. The minimum atomic E-state index is -3.51. The van der Waals surface area contributed by atoms with Gasteiger partial charge in [-0.3, -0.25) is 8.62 Å². The summed E-state index contributed by atoms with van der Waals surface area (Å²) in [6.07, 6.45) is 0. The van der Waals surface area contributed by atoms with Crippen LogP contribution >= 0.6 is 33.0 Å². The molecule has 1 N–H and O–H groups in total. The molecule has 1 aromatic rings. The van der Waals surface area contributed by atoms with Crippen LogP contribution in [0.15, 0.2) is 30.3 Å². The van der Waals surface area contributed by atoms with Crippen LogP contribution < -0.4 is 19.6 Å². The maximum absolute atomic E-state index is 9.29. The van der Waals surface area contributed by atoms with Gasteiger partial charge in [0.05, 0.1) is 6.61 Å². The van der Waals surface area contributed by atoms with Crippen LogP contribution in [0, 0.1) is 0 Å². The molecule has 0 saturated carbocycles. The van der Waals surface area contributed by atoms with Crippen molar-refractivity contribution in [3.63, 3.8) is 0 Å². The SMILES string of the molecule is O=[PH]([O-])O[PH](=O)[O-].O=[PH]([O-])O[PH](=O)[O-].OCc1ccccc1.[W+4]. The maximum atomic E-state index is 9.29. The first-order valence-corrected chi connectivity index (χ1v) is 9.93. The van der Waals surface area contributed by atoms with Gasteiger partial charge in [0.25, 0.3) is 0 Å². The van der Waals surface area contributed by atoms with Crippen molar-refractivity contribution < 1.29 is 72.6 Å². The summed E-state index contributed by atoms with van der Waals surface area (Å²) in [7, 11) is -14.1. The Morgan fingerprint density at radius 2 is 1.09 bits per heavy atom. The molecule has 0 fully saturated rings. The second-order valence-corrected chi connectivity index (χ2v) is 6.48. The molecule has 4 unspecified atom stereocenters. The van der Waals surface area contributed by atoms with Crippen molar-refractivity contribution in [2.45, 2.75) is 6.61 Å². The molecule has 4 atom stereocenters. The largest absolute Gasteiger partial charge is 4.00 e. The predicted molar refractivity (Wildman–Crippen MR) is 70.5 cm³/mol. The van der Waals surface area contributed by atoms with Crippen LogP contribution in [0.2, 0.25) is 0 Å². The molecule has 0 spiro atoms. The number of hydrogen-bond donors (Lipinski definition) is 1. The van der Waals surface area contributed by atoms with Gasteiger partial charge in [-0.15, -0.1) is 0 Å². The smallest absolute Gasteiger partial charge is 0.781 e. The number of aliphatic hydroxyl groups is 1. The van der Waals surface area contributed by atoms with Crippen molar-refractivity contribution in [1.29, 1.82) is 0 Å². The van der Waals surface area contributed by atoms with E-state index in [0.717, 1.165) is 5.56 Å². The Kier molecular flexibility index (Phi) is 23.3. The Hall–Kier alpha value is 0.548. The van der Waals surface area contributed by atoms with Crippen molar-refractivity contribution in [1.82, 2.24) is 0 Å². The van der Waals surface area contributed by atoms with E-state index in [1.54, 1.807) is 0 Å². The average molecular weight is 580 g/mol. The first kappa shape index (κ1) is 28.4. The molecule has 132 valence electrons. The Morgan fingerprint density at radius 1 is 0.783 bits per heavy atom. The molecule has 23 heavy (non-hydrogen) atoms. The number of benzene rings is 1. The standard InChI is InChI=1S/C7H8O.2H4O5P2.W/c8-6-7-4-2-1-3-5-7;2*1-6(2)5-7(3)4;/h1-5,8H,6H2;2*6-7H,(H,1,2)(H,3,4);/q;;;+4/p-4. The van der Waals surface area contributed by atoms with Gasteiger partial charge in [0.1, 0.15) is 33.0 Å². The molecule has 11 nitrogen and oxygen atoms in total. The summed E-state index contributed by atoms with van der Waals surface area (Å²) >= 11 is 0. The average Bonchev–Trinajstić information content (AvgIpc) is 2.38. The maximum Gasteiger partial charge on any atom is 4.00 e. The Morgan fingerprint density at radius 3 is 1.22 bits per heavy atom. The molecular weight excluding hydrogens is 568 g/mol. The number of aliphatic hydroxyl groups excluding tert-OH is 1. The van der Waals surface area contributed by atoms with Gasteiger partial charge >= 0.3 is 21.1 Å². The number of hydrogen-bond acceptors (Lipinski definition) is 11. The summed E-state index contributed by atoms with van der Waals surface area (Å²) in [5, 5.41) is 8.54. The summed E-state index contributed by atoms with van der Waals surface area (Å²) in [6, 6.07) is 9.52. The molecule has 0 radical (unpaired) electrons. The van der Waals surface area contributed by atoms with Crippen molar-refractivity contribution in [2.24, 2.45) is 0 Å². The Labute approximate surface area is 148 Å². The summed E-state index contributed by atoms with van der Waals surface area (Å²) < 4.78 is 43.6. The van der Waals surface area contributed by atoms with Gasteiger partial charge in [-0.25, -0.2) is 0 Å². The molecule has 16 heteroatoms. The van der Waals surface area contributed by atoms with Gasteiger partial charge in [0.2, 0.25) is 0 Å². The molecule has 1 rings (SSSR count). The van der Waals surface area contributed by atoms with Crippen LogP contribution in [0.25, 0.3) is 0 Å². The van der Waals surface area contributed by atoms with E-state index in [0.29, 0.717) is 0 Å². The predicted octanol–water partition coefficient (Wildman–Crippen LogP) is -1.82. The molecule has 1 aromatic carbocycles.